The molecule has 0 saturated carbocycles. The normalized spacial score (nSPS) is 10.3. The predicted octanol–water partition coefficient (Wildman–Crippen LogP) is 1.90. The molecule has 0 amide bonds. The Hall–Kier alpha value is -2.17. The van der Waals surface area contributed by atoms with E-state index in [1.807, 2.05) is 51.5 Å². The fraction of sp³-hybridized carbons (Fsp3) is 0.357. The maximum atomic E-state index is 4.45. The van der Waals surface area contributed by atoms with Crippen molar-refractivity contribution in [3.63, 3.8) is 0 Å². The van der Waals surface area contributed by atoms with Gasteiger partial charge in [0.1, 0.15) is 17.5 Å². The zero-order valence-corrected chi connectivity index (χ0v) is 11.6. The number of pyridine rings is 1. The van der Waals surface area contributed by atoms with Crippen LogP contribution in [0.4, 0.5) is 11.6 Å². The maximum Gasteiger partial charge on any atom is 0.134 e. The highest BCUT2D eigenvalue weighted by Crippen LogP contribution is 2.14. The molecule has 5 nitrogen and oxygen atoms in total. The van der Waals surface area contributed by atoms with Crippen LogP contribution in [-0.2, 0) is 6.42 Å². The summed E-state index contributed by atoms with van der Waals surface area (Å²) in [6.45, 7) is 2.77. The van der Waals surface area contributed by atoms with E-state index < -0.39 is 0 Å². The van der Waals surface area contributed by atoms with Gasteiger partial charge in [-0.2, -0.15) is 0 Å². The number of nitrogens with one attached hydrogen (secondary N) is 1. The molecule has 5 heteroatoms. The molecule has 0 aliphatic heterocycles. The lowest BCUT2D eigenvalue weighted by atomic mass is 10.2. The van der Waals surface area contributed by atoms with Gasteiger partial charge in [-0.25, -0.2) is 9.97 Å². The minimum absolute atomic E-state index is 0.770. The van der Waals surface area contributed by atoms with E-state index in [4.69, 9.17) is 0 Å². The van der Waals surface area contributed by atoms with Crippen LogP contribution in [0.3, 0.4) is 0 Å². The first kappa shape index (κ1) is 13.3. The van der Waals surface area contributed by atoms with Crippen LogP contribution in [0.15, 0.2) is 30.5 Å². The third-order valence-electron chi connectivity index (χ3n) is 2.90. The zero-order chi connectivity index (χ0) is 13.7. The van der Waals surface area contributed by atoms with E-state index in [-0.39, 0.29) is 0 Å². The van der Waals surface area contributed by atoms with Crippen molar-refractivity contribution in [3.8, 4) is 0 Å². The number of rotatable bonds is 5. The zero-order valence-electron chi connectivity index (χ0n) is 11.6. The smallest absolute Gasteiger partial charge is 0.134 e. The monoisotopic (exact) mass is 257 g/mol. The van der Waals surface area contributed by atoms with Crippen molar-refractivity contribution in [1.29, 1.82) is 0 Å². The minimum Gasteiger partial charge on any atom is -0.373 e. The van der Waals surface area contributed by atoms with E-state index in [0.717, 1.165) is 36.1 Å². The Labute approximate surface area is 113 Å². The van der Waals surface area contributed by atoms with Gasteiger partial charge in [-0.15, -0.1) is 0 Å². The Balaban J connectivity index is 2.03. The molecule has 0 bridgehead atoms. The predicted molar refractivity (Wildman–Crippen MR) is 77.5 cm³/mol. The highest BCUT2D eigenvalue weighted by atomic mass is 15.2. The average Bonchev–Trinajstić information content (AvgIpc) is 2.45. The van der Waals surface area contributed by atoms with Crippen LogP contribution in [0.25, 0.3) is 0 Å². The molecule has 0 unspecified atom stereocenters. The molecule has 0 saturated heterocycles. The largest absolute Gasteiger partial charge is 0.373 e. The number of aryl methyl sites for hydroxylation is 1. The average molecular weight is 257 g/mol. The molecule has 0 radical (unpaired) electrons. The summed E-state index contributed by atoms with van der Waals surface area (Å²) in [5.41, 5.74) is 1.09. The van der Waals surface area contributed by atoms with Gasteiger partial charge in [0.15, 0.2) is 0 Å². The first-order valence-corrected chi connectivity index (χ1v) is 6.33. The number of hydrogen-bond donors (Lipinski definition) is 1. The van der Waals surface area contributed by atoms with Crippen molar-refractivity contribution in [1.82, 2.24) is 15.0 Å². The fourth-order valence-corrected chi connectivity index (χ4v) is 1.82. The SMILES string of the molecule is CNc1cc(N(C)CCc2ccccn2)nc(C)n1. The molecule has 0 fully saturated rings. The first-order valence-electron chi connectivity index (χ1n) is 6.33. The lowest BCUT2D eigenvalue weighted by Gasteiger charge is -2.18. The molecule has 2 aromatic heterocycles. The van der Waals surface area contributed by atoms with Gasteiger partial charge in [0.2, 0.25) is 0 Å². The molecule has 2 rings (SSSR count). The number of likely N-dealkylation sites (N-methyl/N-ethyl adjacent to an activating group) is 1. The lowest BCUT2D eigenvalue weighted by molar-refractivity contribution is 0.831. The van der Waals surface area contributed by atoms with Gasteiger partial charge in [0, 0.05) is 45.0 Å². The van der Waals surface area contributed by atoms with Crippen molar-refractivity contribution < 1.29 is 0 Å². The Morgan fingerprint density at radius 1 is 1.26 bits per heavy atom. The number of hydrogen-bond acceptors (Lipinski definition) is 5. The highest BCUT2D eigenvalue weighted by molar-refractivity contribution is 5.48. The molecule has 0 aliphatic carbocycles. The van der Waals surface area contributed by atoms with E-state index in [9.17, 15) is 0 Å². The first-order chi connectivity index (χ1) is 9.19. The van der Waals surface area contributed by atoms with Crippen molar-refractivity contribution in [2.45, 2.75) is 13.3 Å². The Kier molecular flexibility index (Phi) is 4.28. The summed E-state index contributed by atoms with van der Waals surface area (Å²) in [5, 5.41) is 3.05. The molecule has 2 aromatic rings. The second-order valence-electron chi connectivity index (χ2n) is 4.40. The molecule has 2 heterocycles. The van der Waals surface area contributed by atoms with E-state index in [2.05, 4.69) is 25.2 Å². The topological polar surface area (TPSA) is 53.9 Å². The van der Waals surface area contributed by atoms with E-state index in [1.165, 1.54) is 0 Å². The summed E-state index contributed by atoms with van der Waals surface area (Å²) >= 11 is 0. The Bertz CT molecular complexity index is 527. The summed E-state index contributed by atoms with van der Waals surface area (Å²) in [7, 11) is 3.89. The Morgan fingerprint density at radius 2 is 2.11 bits per heavy atom. The van der Waals surface area contributed by atoms with Crippen LogP contribution >= 0.6 is 0 Å². The quantitative estimate of drug-likeness (QED) is 0.886. The van der Waals surface area contributed by atoms with Gasteiger partial charge in [-0.1, -0.05) is 6.07 Å². The van der Waals surface area contributed by atoms with Gasteiger partial charge in [-0.3, -0.25) is 4.98 Å². The second kappa shape index (κ2) is 6.13. The number of aromatic nitrogens is 3. The summed E-state index contributed by atoms with van der Waals surface area (Å²) in [4.78, 5) is 15.2. The molecule has 1 N–H and O–H groups in total. The third kappa shape index (κ3) is 3.64. The maximum absolute atomic E-state index is 4.45. The number of nitrogens with zero attached hydrogens (tertiary/aromatic N) is 4. The van der Waals surface area contributed by atoms with Gasteiger partial charge in [0.25, 0.3) is 0 Å². The summed E-state index contributed by atoms with van der Waals surface area (Å²) in [6.07, 6.45) is 2.72. The summed E-state index contributed by atoms with van der Waals surface area (Å²) < 4.78 is 0. The molecular weight excluding hydrogens is 238 g/mol. The third-order valence-corrected chi connectivity index (χ3v) is 2.90. The molecular formula is C14H19N5. The van der Waals surface area contributed by atoms with Crippen LogP contribution in [0.1, 0.15) is 11.5 Å². The van der Waals surface area contributed by atoms with Crippen LogP contribution in [0.2, 0.25) is 0 Å². The molecule has 0 atom stereocenters. The van der Waals surface area contributed by atoms with Crippen LogP contribution in [0.5, 0.6) is 0 Å². The van der Waals surface area contributed by atoms with Crippen molar-refractivity contribution in [2.75, 3.05) is 30.9 Å². The molecule has 0 aliphatic rings. The van der Waals surface area contributed by atoms with Crippen molar-refractivity contribution >= 4 is 11.6 Å². The lowest BCUT2D eigenvalue weighted by Crippen LogP contribution is -2.22. The number of anilines is 2. The van der Waals surface area contributed by atoms with Gasteiger partial charge in [0.05, 0.1) is 0 Å². The van der Waals surface area contributed by atoms with Gasteiger partial charge < -0.3 is 10.2 Å². The standard InChI is InChI=1S/C14H19N5/c1-11-17-13(15-2)10-14(18-11)19(3)9-7-12-6-4-5-8-16-12/h4-6,8,10H,7,9H2,1-3H3,(H,15,17,18). The van der Waals surface area contributed by atoms with E-state index in [0.29, 0.717) is 0 Å². The molecule has 19 heavy (non-hydrogen) atoms. The second-order valence-corrected chi connectivity index (χ2v) is 4.40. The van der Waals surface area contributed by atoms with Crippen molar-refractivity contribution in [2.24, 2.45) is 0 Å². The molecule has 0 aromatic carbocycles. The Morgan fingerprint density at radius 3 is 2.79 bits per heavy atom. The van der Waals surface area contributed by atoms with Crippen LogP contribution in [0, 0.1) is 6.92 Å². The van der Waals surface area contributed by atoms with Crippen LogP contribution < -0.4 is 10.2 Å². The van der Waals surface area contributed by atoms with Gasteiger partial charge >= 0.3 is 0 Å². The van der Waals surface area contributed by atoms with Crippen LogP contribution in [-0.4, -0.2) is 35.6 Å². The molecule has 100 valence electrons. The molecule has 0 spiro atoms. The van der Waals surface area contributed by atoms with E-state index in [1.54, 1.807) is 0 Å². The fourth-order valence-electron chi connectivity index (χ4n) is 1.82. The summed E-state index contributed by atoms with van der Waals surface area (Å²) in [6, 6.07) is 7.93. The van der Waals surface area contributed by atoms with E-state index >= 15 is 0 Å². The minimum atomic E-state index is 0.770. The van der Waals surface area contributed by atoms with Crippen molar-refractivity contribution in [3.05, 3.63) is 42.0 Å². The van der Waals surface area contributed by atoms with Gasteiger partial charge in [-0.05, 0) is 19.1 Å². The summed E-state index contributed by atoms with van der Waals surface area (Å²) in [5.74, 6) is 2.53. The highest BCUT2D eigenvalue weighted by Gasteiger charge is 2.06.